The summed E-state index contributed by atoms with van der Waals surface area (Å²) in [6, 6.07) is 9.50. The number of benzene rings is 1. The van der Waals surface area contributed by atoms with Gasteiger partial charge in [0.25, 0.3) is 0 Å². The van der Waals surface area contributed by atoms with Crippen molar-refractivity contribution in [3.63, 3.8) is 0 Å². The zero-order valence-corrected chi connectivity index (χ0v) is 14.0. The number of anilines is 2. The van der Waals surface area contributed by atoms with E-state index in [9.17, 15) is 4.79 Å². The van der Waals surface area contributed by atoms with Crippen LogP contribution < -0.4 is 19.3 Å². The molecule has 0 saturated carbocycles. The minimum Gasteiger partial charge on any atom is -0.495 e. The standard InChI is InChI=1S/C17H20N4O4/c1-24-14-5-3-2-4-13(14)20-8-10-21(11-9-20)17-18-7-6-15(19-17)25-12-16(22)23/h2-7H,8-12H2,1H3,(H,22,23). The number of hydrogen-bond acceptors (Lipinski definition) is 7. The summed E-state index contributed by atoms with van der Waals surface area (Å²) in [6.07, 6.45) is 1.58. The van der Waals surface area contributed by atoms with Gasteiger partial charge in [0.15, 0.2) is 6.61 Å². The SMILES string of the molecule is COc1ccccc1N1CCN(c2nccc(OCC(=O)O)n2)CC1. The van der Waals surface area contributed by atoms with Crippen LogP contribution in [0.3, 0.4) is 0 Å². The van der Waals surface area contributed by atoms with Gasteiger partial charge in [-0.25, -0.2) is 9.78 Å². The molecule has 0 spiro atoms. The normalized spacial score (nSPS) is 14.3. The Morgan fingerprint density at radius 1 is 1.16 bits per heavy atom. The van der Waals surface area contributed by atoms with Crippen LogP contribution in [0.4, 0.5) is 11.6 Å². The maximum absolute atomic E-state index is 10.6. The molecule has 0 atom stereocenters. The number of piperazine rings is 1. The molecule has 1 aliphatic heterocycles. The fraction of sp³-hybridized carbons (Fsp3) is 0.353. The molecule has 3 rings (SSSR count). The molecule has 1 fully saturated rings. The van der Waals surface area contributed by atoms with E-state index in [4.69, 9.17) is 14.6 Å². The predicted molar refractivity (Wildman–Crippen MR) is 92.6 cm³/mol. The number of nitrogens with zero attached hydrogens (tertiary/aromatic N) is 4. The van der Waals surface area contributed by atoms with Gasteiger partial charge in [-0.3, -0.25) is 0 Å². The van der Waals surface area contributed by atoms with Gasteiger partial charge in [0, 0.05) is 38.4 Å². The molecule has 1 aromatic heterocycles. The molecule has 8 heteroatoms. The lowest BCUT2D eigenvalue weighted by molar-refractivity contribution is -0.139. The smallest absolute Gasteiger partial charge is 0.341 e. The van der Waals surface area contributed by atoms with E-state index in [-0.39, 0.29) is 5.88 Å². The van der Waals surface area contributed by atoms with Gasteiger partial charge in [0.2, 0.25) is 11.8 Å². The Labute approximate surface area is 145 Å². The van der Waals surface area contributed by atoms with Gasteiger partial charge in [0.05, 0.1) is 12.8 Å². The molecular formula is C17H20N4O4. The van der Waals surface area contributed by atoms with Gasteiger partial charge in [-0.2, -0.15) is 4.98 Å². The Balaban J connectivity index is 1.64. The summed E-state index contributed by atoms with van der Waals surface area (Å²) in [4.78, 5) is 23.5. The number of hydrogen-bond donors (Lipinski definition) is 1. The van der Waals surface area contributed by atoms with Crippen molar-refractivity contribution < 1.29 is 19.4 Å². The zero-order valence-electron chi connectivity index (χ0n) is 14.0. The fourth-order valence-electron chi connectivity index (χ4n) is 2.74. The lowest BCUT2D eigenvalue weighted by Crippen LogP contribution is -2.47. The Morgan fingerprint density at radius 2 is 1.88 bits per heavy atom. The topological polar surface area (TPSA) is 88.0 Å². The van der Waals surface area contributed by atoms with E-state index < -0.39 is 12.6 Å². The molecule has 2 heterocycles. The van der Waals surface area contributed by atoms with Crippen molar-refractivity contribution in [2.75, 3.05) is 49.7 Å². The van der Waals surface area contributed by atoms with Crippen molar-refractivity contribution in [2.24, 2.45) is 0 Å². The van der Waals surface area contributed by atoms with Crippen LogP contribution in [-0.4, -0.2) is 60.9 Å². The molecule has 25 heavy (non-hydrogen) atoms. The van der Waals surface area contributed by atoms with E-state index in [1.807, 2.05) is 24.3 Å². The van der Waals surface area contributed by atoms with Gasteiger partial charge in [0.1, 0.15) is 5.75 Å². The summed E-state index contributed by atoms with van der Waals surface area (Å²) < 4.78 is 10.5. The average molecular weight is 344 g/mol. The maximum atomic E-state index is 10.6. The monoisotopic (exact) mass is 344 g/mol. The lowest BCUT2D eigenvalue weighted by Gasteiger charge is -2.36. The number of rotatable bonds is 6. The first-order valence-corrected chi connectivity index (χ1v) is 7.98. The van der Waals surface area contributed by atoms with Crippen LogP contribution in [0, 0.1) is 0 Å². The first-order valence-electron chi connectivity index (χ1n) is 7.98. The third kappa shape index (κ3) is 4.09. The molecule has 1 aromatic carbocycles. The molecule has 1 N–H and O–H groups in total. The highest BCUT2D eigenvalue weighted by molar-refractivity contribution is 5.68. The Hall–Kier alpha value is -3.03. The van der Waals surface area contributed by atoms with Crippen LogP contribution in [-0.2, 0) is 4.79 Å². The quantitative estimate of drug-likeness (QED) is 0.838. The number of aliphatic carboxylic acids is 1. The molecule has 0 aliphatic carbocycles. The average Bonchev–Trinajstić information content (AvgIpc) is 2.66. The second-order valence-electron chi connectivity index (χ2n) is 5.52. The summed E-state index contributed by atoms with van der Waals surface area (Å²) >= 11 is 0. The van der Waals surface area contributed by atoms with Crippen molar-refractivity contribution in [1.82, 2.24) is 9.97 Å². The van der Waals surface area contributed by atoms with Crippen molar-refractivity contribution in [1.29, 1.82) is 0 Å². The summed E-state index contributed by atoms with van der Waals surface area (Å²) in [5.41, 5.74) is 1.07. The fourth-order valence-corrected chi connectivity index (χ4v) is 2.74. The van der Waals surface area contributed by atoms with Crippen LogP contribution in [0.15, 0.2) is 36.5 Å². The summed E-state index contributed by atoms with van der Waals surface area (Å²) in [5, 5.41) is 8.68. The minimum atomic E-state index is -1.04. The number of carbonyl (C=O) groups is 1. The van der Waals surface area contributed by atoms with E-state index >= 15 is 0 Å². The second-order valence-corrected chi connectivity index (χ2v) is 5.52. The van der Waals surface area contributed by atoms with Gasteiger partial charge >= 0.3 is 5.97 Å². The Bertz CT molecular complexity index is 732. The van der Waals surface area contributed by atoms with Gasteiger partial charge in [-0.1, -0.05) is 12.1 Å². The number of aromatic nitrogens is 2. The van der Waals surface area contributed by atoms with Crippen molar-refractivity contribution in [2.45, 2.75) is 0 Å². The molecule has 1 aliphatic rings. The molecule has 8 nitrogen and oxygen atoms in total. The highest BCUT2D eigenvalue weighted by Gasteiger charge is 2.21. The van der Waals surface area contributed by atoms with Crippen LogP contribution in [0.5, 0.6) is 11.6 Å². The number of methoxy groups -OCH3 is 1. The summed E-state index contributed by atoms with van der Waals surface area (Å²) in [7, 11) is 1.67. The largest absolute Gasteiger partial charge is 0.495 e. The zero-order chi connectivity index (χ0) is 17.6. The van der Waals surface area contributed by atoms with E-state index in [2.05, 4.69) is 19.8 Å². The maximum Gasteiger partial charge on any atom is 0.341 e. The molecule has 0 radical (unpaired) electrons. The van der Waals surface area contributed by atoms with Gasteiger partial charge in [-0.15, -0.1) is 0 Å². The third-order valence-corrected chi connectivity index (χ3v) is 3.95. The minimum absolute atomic E-state index is 0.263. The van der Waals surface area contributed by atoms with Crippen LogP contribution >= 0.6 is 0 Å². The Morgan fingerprint density at radius 3 is 2.60 bits per heavy atom. The van der Waals surface area contributed by atoms with E-state index in [1.54, 1.807) is 19.4 Å². The van der Waals surface area contributed by atoms with Crippen LogP contribution in [0.1, 0.15) is 0 Å². The van der Waals surface area contributed by atoms with Crippen LogP contribution in [0.2, 0.25) is 0 Å². The Kier molecular flexibility index (Phi) is 5.17. The van der Waals surface area contributed by atoms with Gasteiger partial charge < -0.3 is 24.4 Å². The lowest BCUT2D eigenvalue weighted by atomic mass is 10.2. The predicted octanol–water partition coefficient (Wildman–Crippen LogP) is 1.28. The summed E-state index contributed by atoms with van der Waals surface area (Å²) in [6.45, 7) is 2.70. The molecule has 0 bridgehead atoms. The molecule has 0 amide bonds. The first-order chi connectivity index (χ1) is 12.2. The second kappa shape index (κ2) is 7.69. The van der Waals surface area contributed by atoms with E-state index in [0.717, 1.165) is 37.6 Å². The van der Waals surface area contributed by atoms with Crippen molar-refractivity contribution >= 4 is 17.6 Å². The van der Waals surface area contributed by atoms with Crippen molar-refractivity contribution in [3.05, 3.63) is 36.5 Å². The number of carboxylic acids is 1. The molecular weight excluding hydrogens is 324 g/mol. The number of ether oxygens (including phenoxy) is 2. The highest BCUT2D eigenvalue weighted by atomic mass is 16.5. The highest BCUT2D eigenvalue weighted by Crippen LogP contribution is 2.28. The van der Waals surface area contributed by atoms with E-state index in [1.165, 1.54) is 0 Å². The molecule has 0 unspecified atom stereocenters. The molecule has 1 saturated heterocycles. The van der Waals surface area contributed by atoms with Crippen molar-refractivity contribution in [3.8, 4) is 11.6 Å². The first kappa shape index (κ1) is 16.8. The number of carboxylic acid groups (broad SMARTS) is 1. The summed E-state index contributed by atoms with van der Waals surface area (Å²) in [5.74, 6) is 0.629. The molecule has 2 aromatic rings. The van der Waals surface area contributed by atoms with Gasteiger partial charge in [-0.05, 0) is 12.1 Å². The van der Waals surface area contributed by atoms with E-state index in [0.29, 0.717) is 5.95 Å². The third-order valence-electron chi connectivity index (χ3n) is 3.95. The van der Waals surface area contributed by atoms with Crippen LogP contribution in [0.25, 0.3) is 0 Å². The number of para-hydroxylation sites is 2. The molecule has 132 valence electrons.